The van der Waals surface area contributed by atoms with Crippen LogP contribution >= 0.6 is 33.0 Å². The van der Waals surface area contributed by atoms with Gasteiger partial charge in [-0.05, 0) is 71.0 Å². The van der Waals surface area contributed by atoms with Crippen LogP contribution in [0.5, 0.6) is 0 Å². The van der Waals surface area contributed by atoms with Gasteiger partial charge in [0.15, 0.2) is 0 Å². The molecule has 0 fully saturated rings. The van der Waals surface area contributed by atoms with Crippen LogP contribution in [-0.4, -0.2) is 25.6 Å². The normalized spacial score (nSPS) is 10.5. The van der Waals surface area contributed by atoms with E-state index in [0.717, 1.165) is 23.8 Å². The number of rotatable bonds is 5. The fourth-order valence-electron chi connectivity index (χ4n) is 3.33. The first-order valence-electron chi connectivity index (χ1n) is 13.1. The molecule has 4 aromatic rings. The molecule has 0 spiro atoms. The summed E-state index contributed by atoms with van der Waals surface area (Å²) in [7, 11) is 7.36. The number of hydrogen-bond acceptors (Lipinski definition) is 6. The van der Waals surface area contributed by atoms with Crippen LogP contribution in [0.3, 0.4) is 0 Å². The zero-order valence-corrected chi connectivity index (χ0v) is 26.7. The molecule has 0 saturated carbocycles. The highest BCUT2D eigenvalue weighted by Gasteiger charge is 2.31. The highest BCUT2D eigenvalue weighted by molar-refractivity contribution is 8.26. The highest BCUT2D eigenvalue weighted by atomic mass is 36.0. The lowest BCUT2D eigenvalue weighted by Gasteiger charge is -2.08. The van der Waals surface area contributed by atoms with E-state index >= 15 is 0 Å². The number of carbonyl (C=O) groups excluding carboxylic acids is 3. The second kappa shape index (κ2) is 22.0. The molecule has 0 atom stereocenters. The molecule has 0 aliphatic carbocycles. The number of nitrogens with zero attached hydrogens (tertiary/aromatic N) is 2. The van der Waals surface area contributed by atoms with Gasteiger partial charge in [0.1, 0.15) is 5.69 Å². The Hall–Kier alpha value is -3.61. The highest BCUT2D eigenvalue weighted by Crippen LogP contribution is 2.31. The van der Waals surface area contributed by atoms with E-state index in [4.69, 9.17) is 26.8 Å². The van der Waals surface area contributed by atoms with E-state index < -0.39 is 37.9 Å². The quantitative estimate of drug-likeness (QED) is 0.150. The van der Waals surface area contributed by atoms with Crippen LogP contribution < -0.4 is 0 Å². The summed E-state index contributed by atoms with van der Waals surface area (Å²) in [6, 6.07) is 17.1. The number of hydrogen-bond donors (Lipinski definition) is 0. The summed E-state index contributed by atoms with van der Waals surface area (Å²) in [5.74, 6) is 0. The topological polar surface area (TPSA) is 94.1 Å². The van der Waals surface area contributed by atoms with Gasteiger partial charge >= 0.3 is 18.5 Å². The fourth-order valence-corrected chi connectivity index (χ4v) is 3.45. The van der Waals surface area contributed by atoms with Gasteiger partial charge in [0.25, 0.3) is 5.24 Å². The molecular weight excluding hydrogens is 705 g/mol. The molecule has 0 aliphatic heterocycles. The van der Waals surface area contributed by atoms with Crippen molar-refractivity contribution in [2.75, 3.05) is 0 Å². The summed E-state index contributed by atoms with van der Waals surface area (Å²) >= 11 is 5.26. The van der Waals surface area contributed by atoms with Gasteiger partial charge < -0.3 is 0 Å². The largest absolute Gasteiger partial charge is 0.416 e. The second-order valence-corrected chi connectivity index (χ2v) is 11.1. The van der Waals surface area contributed by atoms with Crippen LogP contribution in [0.2, 0.25) is 0 Å². The molecule has 248 valence electrons. The van der Waals surface area contributed by atoms with E-state index in [1.807, 2.05) is 6.07 Å². The Morgan fingerprint density at radius 3 is 1.54 bits per heavy atom. The van der Waals surface area contributed by atoms with E-state index in [-0.39, 0.29) is 11.8 Å². The lowest BCUT2D eigenvalue weighted by molar-refractivity contribution is -0.191. The Labute approximate surface area is 278 Å². The molecule has 2 heterocycles. The monoisotopic (exact) mass is 729 g/mol. The van der Waals surface area contributed by atoms with Crippen molar-refractivity contribution in [1.29, 1.82) is 0 Å². The van der Waals surface area contributed by atoms with E-state index in [1.165, 1.54) is 30.5 Å². The summed E-state index contributed by atoms with van der Waals surface area (Å²) in [6.45, 7) is 2.29. The molecule has 16 heteroatoms. The van der Waals surface area contributed by atoms with Crippen molar-refractivity contribution in [3.05, 3.63) is 130 Å². The molecule has 0 amide bonds. The Kier molecular flexibility index (Phi) is 19.3. The maximum atomic E-state index is 12.6. The summed E-state index contributed by atoms with van der Waals surface area (Å²) < 4.78 is 90.5. The van der Waals surface area contributed by atoms with Gasteiger partial charge in [-0.25, -0.2) is 4.21 Å². The number of carbonyl (C=O) groups is 1. The van der Waals surface area contributed by atoms with Crippen molar-refractivity contribution in [1.82, 2.24) is 9.97 Å². The third-order valence-electron chi connectivity index (χ3n) is 5.07. The first kappa shape index (κ1) is 40.4. The van der Waals surface area contributed by atoms with Crippen molar-refractivity contribution < 1.29 is 46.3 Å². The lowest BCUT2D eigenvalue weighted by atomic mass is 10.0. The smallest absolute Gasteiger partial charge is 0.274 e. The molecule has 2 aromatic carbocycles. The van der Waals surface area contributed by atoms with Gasteiger partial charge in [-0.15, -0.1) is 0 Å². The van der Waals surface area contributed by atoms with Crippen LogP contribution in [0.15, 0.2) is 91.4 Å². The third-order valence-corrected chi connectivity index (χ3v) is 5.27. The van der Waals surface area contributed by atoms with Crippen molar-refractivity contribution >= 4 is 53.6 Å². The third kappa shape index (κ3) is 18.4. The Balaban J connectivity index is 0.000000708. The van der Waals surface area contributed by atoms with Crippen molar-refractivity contribution in [3.63, 3.8) is 0 Å². The van der Waals surface area contributed by atoms with E-state index in [0.29, 0.717) is 36.4 Å². The van der Waals surface area contributed by atoms with Gasteiger partial charge in [-0.2, -0.15) is 35.9 Å². The first-order valence-corrected chi connectivity index (χ1v) is 15.5. The molecule has 46 heavy (non-hydrogen) atoms. The standard InChI is InChI=1S/C14H9ClF3NO.C13H10F3N.C2H6.CO2.Cl2OS/c15-13(20)12-5-4-10(8-19-12)6-9-2-1-3-11(7-9)14(16,17)18;14-13(15,16)12-5-1-3-10(8-12)7-11-4-2-6-17-9-11;1-2;2-1-3;1-4(2)3/h1-5,7-8H,6H2;1-6,8-9H,7H2;1-2H3;;/i;;1D;;. The van der Waals surface area contributed by atoms with E-state index in [2.05, 4.69) is 31.3 Å². The first-order chi connectivity index (χ1) is 22.0. The SMILES string of the molecule is FC(F)(F)c1cccc(Cc2cccnc2)c1.O=C(Cl)c1ccc(Cc2cccc(C(F)(F)F)c2)cn1.O=C=O.O=S(Cl)Cl.[2H]CC. The summed E-state index contributed by atoms with van der Waals surface area (Å²) in [5, 5.41) is -0.671. The zero-order valence-electron chi connectivity index (χ0n) is 24.6. The molecular formula is C30H25Cl3F6N2O4S. The molecule has 0 N–H and O–H groups in total. The Bertz CT molecular complexity index is 1560. The predicted octanol–water partition coefficient (Wildman–Crippen LogP) is 9.25. The molecule has 0 aliphatic rings. The average molecular weight is 731 g/mol. The number of alkyl halides is 6. The Morgan fingerprint density at radius 2 is 1.22 bits per heavy atom. The maximum Gasteiger partial charge on any atom is 0.416 e. The maximum absolute atomic E-state index is 12.6. The van der Waals surface area contributed by atoms with Crippen LogP contribution in [0.25, 0.3) is 0 Å². The minimum atomic E-state index is -4.36. The van der Waals surface area contributed by atoms with Crippen LogP contribution in [-0.2, 0) is 44.0 Å². The van der Waals surface area contributed by atoms with Crippen LogP contribution in [0.4, 0.5) is 26.3 Å². The number of benzene rings is 2. The zero-order chi connectivity index (χ0) is 36.0. The predicted molar refractivity (Wildman–Crippen MR) is 163 cm³/mol. The van der Waals surface area contributed by atoms with Crippen LogP contribution in [0.1, 0.15) is 59.1 Å². The minimum absolute atomic E-state index is 0.111. The number of aromatic nitrogens is 2. The summed E-state index contributed by atoms with van der Waals surface area (Å²) in [6.07, 6.45) is -2.93. The molecule has 6 nitrogen and oxygen atoms in total. The van der Waals surface area contributed by atoms with Gasteiger partial charge in [0.2, 0.25) is 9.23 Å². The van der Waals surface area contributed by atoms with Crippen LogP contribution in [0, 0.1) is 0 Å². The lowest BCUT2D eigenvalue weighted by Crippen LogP contribution is -2.05. The van der Waals surface area contributed by atoms with Gasteiger partial charge in [0, 0.05) is 41.3 Å². The van der Waals surface area contributed by atoms with Gasteiger partial charge in [-0.3, -0.25) is 14.8 Å². The molecule has 0 saturated heterocycles. The van der Waals surface area contributed by atoms with Gasteiger partial charge in [0.05, 0.1) is 11.1 Å². The molecule has 0 radical (unpaired) electrons. The van der Waals surface area contributed by atoms with Gasteiger partial charge in [-0.1, -0.05) is 62.4 Å². The molecule has 0 unspecified atom stereocenters. The number of pyridine rings is 2. The summed E-state index contributed by atoms with van der Waals surface area (Å²) in [4.78, 5) is 34.9. The second-order valence-electron chi connectivity index (χ2n) is 8.20. The summed E-state index contributed by atoms with van der Waals surface area (Å²) in [5.41, 5.74) is 1.56. The molecule has 2 aromatic heterocycles. The molecule has 0 bridgehead atoms. The Morgan fingerprint density at radius 1 is 0.804 bits per heavy atom. The van der Waals surface area contributed by atoms with E-state index in [1.54, 1.807) is 43.6 Å². The van der Waals surface area contributed by atoms with E-state index in [9.17, 15) is 31.1 Å². The minimum Gasteiger partial charge on any atom is -0.274 e. The van der Waals surface area contributed by atoms with Crippen molar-refractivity contribution in [2.24, 2.45) is 0 Å². The fraction of sp³-hybridized carbons (Fsp3) is 0.200. The number of halogens is 9. The molecule has 4 rings (SSSR count). The van der Waals surface area contributed by atoms with Crippen molar-refractivity contribution in [2.45, 2.75) is 39.0 Å². The van der Waals surface area contributed by atoms with Crippen molar-refractivity contribution in [3.8, 4) is 0 Å². The average Bonchev–Trinajstić information content (AvgIpc) is 2.98.